The smallest absolute Gasteiger partial charge is 0.201 e. The highest BCUT2D eigenvalue weighted by Gasteiger charge is 2.27. The minimum absolute atomic E-state index is 0.546. The van der Waals surface area contributed by atoms with E-state index in [2.05, 4.69) is 88.8 Å². The van der Waals surface area contributed by atoms with Gasteiger partial charge in [-0.25, -0.2) is 4.57 Å². The average molecular weight is 343 g/mol. The highest BCUT2D eigenvalue weighted by molar-refractivity contribution is 5.85. The predicted octanol–water partition coefficient (Wildman–Crippen LogP) is 5.80. The van der Waals surface area contributed by atoms with E-state index in [0.717, 1.165) is 6.42 Å². The number of benzene rings is 2. The van der Waals surface area contributed by atoms with Crippen LogP contribution in [0.15, 0.2) is 42.6 Å². The summed E-state index contributed by atoms with van der Waals surface area (Å²) in [6, 6.07) is 13.7. The van der Waals surface area contributed by atoms with Gasteiger partial charge in [-0.3, -0.25) is 0 Å². The molecule has 0 spiro atoms. The molecule has 2 aromatic carbocycles. The number of hydrogen-bond acceptors (Lipinski definition) is 0. The van der Waals surface area contributed by atoms with Gasteiger partial charge in [-0.15, -0.1) is 0 Å². The van der Waals surface area contributed by atoms with Gasteiger partial charge in [0.25, 0.3) is 0 Å². The molecule has 0 radical (unpaired) electrons. The first-order valence-corrected chi connectivity index (χ1v) is 9.60. The van der Waals surface area contributed by atoms with E-state index in [-0.39, 0.29) is 0 Å². The molecule has 0 atom stereocenters. The van der Waals surface area contributed by atoms with Crippen molar-refractivity contribution < 1.29 is 4.57 Å². The van der Waals surface area contributed by atoms with Gasteiger partial charge in [-0.05, 0) is 72.1 Å². The van der Waals surface area contributed by atoms with Crippen molar-refractivity contribution in [3.63, 3.8) is 0 Å². The molecule has 0 unspecified atom stereocenters. The van der Waals surface area contributed by atoms with E-state index >= 15 is 0 Å². The largest absolute Gasteiger partial charge is 0.213 e. The molecule has 0 saturated carbocycles. The van der Waals surface area contributed by atoms with E-state index in [1.807, 2.05) is 0 Å². The van der Waals surface area contributed by atoms with Crippen LogP contribution in [0, 0.1) is 20.8 Å². The number of pyridine rings is 1. The summed E-state index contributed by atoms with van der Waals surface area (Å²) in [6.45, 7) is 11.3. The Kier molecular flexibility index (Phi) is 3.99. The molecular weight excluding hydrogens is 314 g/mol. The highest BCUT2D eigenvalue weighted by Crippen LogP contribution is 2.43. The van der Waals surface area contributed by atoms with Crippen LogP contribution in [0.5, 0.6) is 0 Å². The van der Waals surface area contributed by atoms with Crippen molar-refractivity contribution >= 4 is 0 Å². The minimum Gasteiger partial charge on any atom is -0.201 e. The molecule has 0 bridgehead atoms. The lowest BCUT2D eigenvalue weighted by Crippen LogP contribution is -2.32. The first-order chi connectivity index (χ1) is 12.4. The Hall–Kier alpha value is -2.41. The van der Waals surface area contributed by atoms with Crippen molar-refractivity contribution in [1.29, 1.82) is 0 Å². The molecule has 132 valence electrons. The van der Waals surface area contributed by atoms with Gasteiger partial charge in [0.2, 0.25) is 5.69 Å². The summed E-state index contributed by atoms with van der Waals surface area (Å²) in [6.07, 6.45) is 3.36. The van der Waals surface area contributed by atoms with Crippen LogP contribution < -0.4 is 4.57 Å². The van der Waals surface area contributed by atoms with Gasteiger partial charge in [-0.1, -0.05) is 44.2 Å². The number of hydrogen-bond donors (Lipinski definition) is 0. The van der Waals surface area contributed by atoms with Crippen molar-refractivity contribution in [1.82, 2.24) is 0 Å². The van der Waals surface area contributed by atoms with Crippen LogP contribution in [-0.4, -0.2) is 0 Å². The lowest BCUT2D eigenvalue weighted by atomic mass is 9.92. The molecule has 1 aliphatic rings. The maximum absolute atomic E-state index is 2.38. The Balaban J connectivity index is 1.96. The van der Waals surface area contributed by atoms with Crippen molar-refractivity contribution in [3.8, 4) is 22.4 Å². The molecule has 1 nitrogen and oxygen atoms in total. The molecule has 0 fully saturated rings. The van der Waals surface area contributed by atoms with Gasteiger partial charge in [0.05, 0.1) is 5.56 Å². The van der Waals surface area contributed by atoms with Crippen LogP contribution in [0.3, 0.4) is 0 Å². The van der Waals surface area contributed by atoms with Gasteiger partial charge in [0.1, 0.15) is 7.05 Å². The average Bonchev–Trinajstić information content (AvgIpc) is 2.97. The Bertz CT molecular complexity index is 1020. The lowest BCUT2D eigenvalue weighted by Gasteiger charge is -2.14. The number of rotatable bonds is 2. The van der Waals surface area contributed by atoms with Gasteiger partial charge in [0.15, 0.2) is 6.20 Å². The number of fused-ring (bicyclic) bond motifs is 3. The summed E-state index contributed by atoms with van der Waals surface area (Å²) in [5, 5.41) is 0. The van der Waals surface area contributed by atoms with Crippen LogP contribution >= 0.6 is 0 Å². The van der Waals surface area contributed by atoms with E-state index in [9.17, 15) is 0 Å². The monoisotopic (exact) mass is 342 g/mol. The SMILES string of the molecule is Cc1cc(-c2c(C)ccc3c2Cc2c(C)cccc2-3)[n+](C)cc1C(C)C. The van der Waals surface area contributed by atoms with Crippen molar-refractivity contribution in [2.75, 3.05) is 0 Å². The van der Waals surface area contributed by atoms with Gasteiger partial charge in [0, 0.05) is 11.6 Å². The first-order valence-electron chi connectivity index (χ1n) is 9.60. The van der Waals surface area contributed by atoms with E-state index < -0.39 is 0 Å². The van der Waals surface area contributed by atoms with Crippen LogP contribution in [0.1, 0.15) is 53.1 Å². The predicted molar refractivity (Wildman–Crippen MR) is 110 cm³/mol. The third-order valence-electron chi connectivity index (χ3n) is 5.97. The molecule has 3 aromatic rings. The molecule has 1 aliphatic carbocycles. The Morgan fingerprint density at radius 3 is 2.31 bits per heavy atom. The molecule has 1 aromatic heterocycles. The third-order valence-corrected chi connectivity index (χ3v) is 5.97. The number of nitrogens with zero attached hydrogens (tertiary/aromatic N) is 1. The summed E-state index contributed by atoms with van der Waals surface area (Å²) >= 11 is 0. The van der Waals surface area contributed by atoms with Crippen molar-refractivity contribution in [2.24, 2.45) is 7.05 Å². The van der Waals surface area contributed by atoms with Gasteiger partial charge < -0.3 is 0 Å². The standard InChI is InChI=1S/C25H28N/c1-15(2)23-14-26(6)24(12-18(23)5)25-17(4)10-11-20-19-9-7-8-16(3)21(19)13-22(20)25/h7-12,14-15H,13H2,1-6H3/q+1. The van der Waals surface area contributed by atoms with Crippen LogP contribution in [-0.2, 0) is 13.5 Å². The third kappa shape index (κ3) is 2.49. The Labute approximate surface area is 157 Å². The zero-order valence-electron chi connectivity index (χ0n) is 16.8. The summed E-state index contributed by atoms with van der Waals surface area (Å²) in [4.78, 5) is 0. The van der Waals surface area contributed by atoms with Crippen molar-refractivity contribution in [3.05, 3.63) is 76.0 Å². The Morgan fingerprint density at radius 2 is 1.58 bits per heavy atom. The summed E-state index contributed by atoms with van der Waals surface area (Å²) in [5.41, 5.74) is 14.1. The minimum atomic E-state index is 0.546. The molecule has 0 aliphatic heterocycles. The van der Waals surface area contributed by atoms with Gasteiger partial charge >= 0.3 is 0 Å². The van der Waals surface area contributed by atoms with Crippen LogP contribution in [0.2, 0.25) is 0 Å². The van der Waals surface area contributed by atoms with E-state index in [1.165, 1.54) is 55.8 Å². The second-order valence-corrected chi connectivity index (χ2v) is 8.12. The van der Waals surface area contributed by atoms with E-state index in [0.29, 0.717) is 5.92 Å². The normalized spacial score (nSPS) is 12.4. The summed E-state index contributed by atoms with van der Waals surface area (Å²) in [5.74, 6) is 0.546. The summed E-state index contributed by atoms with van der Waals surface area (Å²) < 4.78 is 2.32. The fraction of sp³-hybridized carbons (Fsp3) is 0.320. The lowest BCUT2D eigenvalue weighted by molar-refractivity contribution is -0.661. The molecule has 0 amide bonds. The number of aromatic nitrogens is 1. The molecule has 1 heteroatoms. The van der Waals surface area contributed by atoms with E-state index in [4.69, 9.17) is 0 Å². The molecular formula is C25H28N+. The second-order valence-electron chi connectivity index (χ2n) is 8.12. The Morgan fingerprint density at radius 1 is 0.846 bits per heavy atom. The van der Waals surface area contributed by atoms with Crippen molar-refractivity contribution in [2.45, 2.75) is 47.0 Å². The topological polar surface area (TPSA) is 3.88 Å². The molecule has 0 saturated heterocycles. The maximum atomic E-state index is 2.38. The fourth-order valence-electron chi connectivity index (χ4n) is 4.55. The molecule has 1 heterocycles. The highest BCUT2D eigenvalue weighted by atomic mass is 14.9. The van der Waals surface area contributed by atoms with Gasteiger partial charge in [-0.2, -0.15) is 0 Å². The fourth-order valence-corrected chi connectivity index (χ4v) is 4.55. The quantitative estimate of drug-likeness (QED) is 0.405. The van der Waals surface area contributed by atoms with Crippen LogP contribution in [0.4, 0.5) is 0 Å². The molecule has 26 heavy (non-hydrogen) atoms. The zero-order chi connectivity index (χ0) is 18.6. The van der Waals surface area contributed by atoms with E-state index in [1.54, 1.807) is 0 Å². The van der Waals surface area contributed by atoms with Crippen LogP contribution in [0.25, 0.3) is 22.4 Å². The number of aryl methyl sites for hydroxylation is 4. The second kappa shape index (κ2) is 6.09. The first kappa shape index (κ1) is 17.0. The molecule has 0 N–H and O–H groups in total. The zero-order valence-corrected chi connectivity index (χ0v) is 16.8. The maximum Gasteiger partial charge on any atom is 0.213 e. The summed E-state index contributed by atoms with van der Waals surface area (Å²) in [7, 11) is 2.19. The molecule has 4 rings (SSSR count).